The van der Waals surface area contributed by atoms with Crippen LogP contribution in [0.15, 0.2) is 24.0 Å². The van der Waals surface area contributed by atoms with Gasteiger partial charge in [-0.25, -0.2) is 19.9 Å². The van der Waals surface area contributed by atoms with Gasteiger partial charge in [0.1, 0.15) is 16.4 Å². The lowest BCUT2D eigenvalue weighted by molar-refractivity contribution is 0.0710. The number of aryl methyl sites for hydroxylation is 2. The number of rotatable bonds is 3. The van der Waals surface area contributed by atoms with Crippen LogP contribution in [0.5, 0.6) is 0 Å². The fraction of sp³-hybridized carbons (Fsp3) is 0.389. The fourth-order valence-electron chi connectivity index (χ4n) is 3.38. The molecule has 134 valence electrons. The molecule has 0 aromatic carbocycles. The summed E-state index contributed by atoms with van der Waals surface area (Å²) >= 11 is 1.41. The van der Waals surface area contributed by atoms with Crippen molar-refractivity contribution in [2.24, 2.45) is 0 Å². The quantitative estimate of drug-likeness (QED) is 0.768. The number of carbonyl (C=O) groups is 1. The Balaban J connectivity index is 1.58. The molecule has 0 radical (unpaired) electrons. The molecular formula is C18H20N6OS. The zero-order valence-corrected chi connectivity index (χ0v) is 15.6. The Labute approximate surface area is 155 Å². The van der Waals surface area contributed by atoms with Crippen molar-refractivity contribution in [2.45, 2.75) is 32.6 Å². The molecule has 1 N–H and O–H groups in total. The maximum absolute atomic E-state index is 12.8. The summed E-state index contributed by atoms with van der Waals surface area (Å²) in [5.74, 6) is 1.74. The molecule has 1 amide bonds. The van der Waals surface area contributed by atoms with Gasteiger partial charge in [-0.3, -0.25) is 4.79 Å². The number of nitrogens with one attached hydrogen (secondary N) is 1. The average Bonchev–Trinajstić information content (AvgIpc) is 3.32. The van der Waals surface area contributed by atoms with E-state index in [2.05, 4.69) is 24.9 Å². The van der Waals surface area contributed by atoms with Crippen LogP contribution in [0, 0.1) is 13.8 Å². The monoisotopic (exact) mass is 368 g/mol. The molecule has 1 unspecified atom stereocenters. The van der Waals surface area contributed by atoms with Crippen LogP contribution in [0.3, 0.4) is 0 Å². The van der Waals surface area contributed by atoms with Crippen LogP contribution in [-0.4, -0.2) is 48.8 Å². The molecular weight excluding hydrogens is 348 g/mol. The molecule has 0 aliphatic carbocycles. The highest BCUT2D eigenvalue weighted by Crippen LogP contribution is 2.29. The van der Waals surface area contributed by atoms with E-state index in [9.17, 15) is 4.79 Å². The van der Waals surface area contributed by atoms with Crippen molar-refractivity contribution in [3.05, 3.63) is 46.1 Å². The first-order chi connectivity index (χ1) is 12.6. The van der Waals surface area contributed by atoms with Gasteiger partial charge in [0.2, 0.25) is 0 Å². The number of thiazole rings is 1. The smallest absolute Gasteiger partial charge is 0.265 e. The molecule has 1 aliphatic heterocycles. The number of hydrogen-bond acceptors (Lipinski definition) is 6. The molecule has 8 heteroatoms. The summed E-state index contributed by atoms with van der Waals surface area (Å²) in [7, 11) is 0. The standard InChI is InChI=1S/C18H20N6OS/c1-11-16(26-10-21-11)18(25)24-7-3-4-13(9-24)14-8-15(23-12(2)22-14)17-19-5-6-20-17/h5-6,8,10,13H,3-4,7,9H2,1-2H3,(H,19,20). The first kappa shape index (κ1) is 16.8. The van der Waals surface area contributed by atoms with Crippen LogP contribution < -0.4 is 0 Å². The number of piperidine rings is 1. The summed E-state index contributed by atoms with van der Waals surface area (Å²) < 4.78 is 0. The van der Waals surface area contributed by atoms with E-state index in [1.54, 1.807) is 17.9 Å². The zero-order chi connectivity index (χ0) is 18.1. The van der Waals surface area contributed by atoms with Gasteiger partial charge in [-0.05, 0) is 32.8 Å². The number of carbonyl (C=O) groups excluding carboxylic acids is 1. The second-order valence-corrected chi connectivity index (χ2v) is 7.38. The molecule has 1 atom stereocenters. The Morgan fingerprint density at radius 3 is 2.92 bits per heavy atom. The molecule has 0 bridgehead atoms. The SMILES string of the molecule is Cc1nc(-c2ncc[nH]2)cc(C2CCCN(C(=O)c3scnc3C)C2)n1. The van der Waals surface area contributed by atoms with E-state index in [4.69, 9.17) is 0 Å². The van der Waals surface area contributed by atoms with Crippen LogP contribution in [0.1, 0.15) is 45.6 Å². The fourth-order valence-corrected chi connectivity index (χ4v) is 4.15. The Morgan fingerprint density at radius 1 is 1.31 bits per heavy atom. The molecule has 7 nitrogen and oxygen atoms in total. The van der Waals surface area contributed by atoms with E-state index in [0.29, 0.717) is 6.54 Å². The van der Waals surface area contributed by atoms with E-state index in [1.807, 2.05) is 24.8 Å². The molecule has 0 spiro atoms. The zero-order valence-electron chi connectivity index (χ0n) is 14.8. The second-order valence-electron chi connectivity index (χ2n) is 6.52. The number of aromatic amines is 1. The van der Waals surface area contributed by atoms with E-state index >= 15 is 0 Å². The molecule has 4 heterocycles. The lowest BCUT2D eigenvalue weighted by Gasteiger charge is -2.32. The van der Waals surface area contributed by atoms with Crippen molar-refractivity contribution >= 4 is 17.2 Å². The van der Waals surface area contributed by atoms with Crippen LogP contribution in [-0.2, 0) is 0 Å². The molecule has 1 fully saturated rings. The van der Waals surface area contributed by atoms with Gasteiger partial charge in [-0.1, -0.05) is 0 Å². The number of imidazole rings is 1. The third-order valence-electron chi connectivity index (χ3n) is 4.67. The van der Waals surface area contributed by atoms with Gasteiger partial charge in [0.25, 0.3) is 5.91 Å². The predicted molar refractivity (Wildman–Crippen MR) is 99.1 cm³/mol. The molecule has 1 aliphatic rings. The third kappa shape index (κ3) is 3.24. The Morgan fingerprint density at radius 2 is 2.19 bits per heavy atom. The third-order valence-corrected chi connectivity index (χ3v) is 5.58. The molecule has 0 saturated carbocycles. The average molecular weight is 368 g/mol. The number of hydrogen-bond donors (Lipinski definition) is 1. The van der Waals surface area contributed by atoms with Crippen LogP contribution >= 0.6 is 11.3 Å². The maximum atomic E-state index is 12.8. The van der Waals surface area contributed by atoms with Gasteiger partial charge in [-0.2, -0.15) is 0 Å². The van der Waals surface area contributed by atoms with Crippen LogP contribution in [0.2, 0.25) is 0 Å². The van der Waals surface area contributed by atoms with E-state index in [0.717, 1.165) is 53.0 Å². The van der Waals surface area contributed by atoms with Gasteiger partial charge in [0.15, 0.2) is 5.82 Å². The summed E-state index contributed by atoms with van der Waals surface area (Å²) in [4.78, 5) is 36.2. The molecule has 3 aromatic heterocycles. The number of aromatic nitrogens is 5. The first-order valence-electron chi connectivity index (χ1n) is 8.66. The Kier molecular flexibility index (Phi) is 4.50. The van der Waals surface area contributed by atoms with Crippen molar-refractivity contribution in [1.82, 2.24) is 29.8 Å². The Bertz CT molecular complexity index is 920. The van der Waals surface area contributed by atoms with E-state index in [-0.39, 0.29) is 11.8 Å². The highest BCUT2D eigenvalue weighted by Gasteiger charge is 2.28. The summed E-state index contributed by atoms with van der Waals surface area (Å²) in [6.45, 7) is 5.23. The minimum absolute atomic E-state index is 0.0757. The highest BCUT2D eigenvalue weighted by atomic mass is 32.1. The van der Waals surface area contributed by atoms with Gasteiger partial charge in [-0.15, -0.1) is 11.3 Å². The molecule has 26 heavy (non-hydrogen) atoms. The van der Waals surface area contributed by atoms with Crippen LogP contribution in [0.25, 0.3) is 11.5 Å². The van der Waals surface area contributed by atoms with E-state index < -0.39 is 0 Å². The van der Waals surface area contributed by atoms with Crippen LogP contribution in [0.4, 0.5) is 0 Å². The molecule has 4 rings (SSSR count). The number of amides is 1. The first-order valence-corrected chi connectivity index (χ1v) is 9.54. The van der Waals surface area contributed by atoms with E-state index in [1.165, 1.54) is 11.3 Å². The van der Waals surface area contributed by atoms with Crippen molar-refractivity contribution < 1.29 is 4.79 Å². The largest absolute Gasteiger partial charge is 0.343 e. The Hall–Kier alpha value is -2.61. The lowest BCUT2D eigenvalue weighted by atomic mass is 9.93. The van der Waals surface area contributed by atoms with Gasteiger partial charge < -0.3 is 9.88 Å². The maximum Gasteiger partial charge on any atom is 0.265 e. The van der Waals surface area contributed by atoms with Crippen molar-refractivity contribution in [3.8, 4) is 11.5 Å². The second kappa shape index (κ2) is 6.95. The van der Waals surface area contributed by atoms with Gasteiger partial charge in [0.05, 0.1) is 11.2 Å². The summed E-state index contributed by atoms with van der Waals surface area (Å²) in [5.41, 5.74) is 4.30. The number of nitrogens with zero attached hydrogens (tertiary/aromatic N) is 5. The molecule has 1 saturated heterocycles. The summed E-state index contributed by atoms with van der Waals surface area (Å²) in [6, 6.07) is 1.99. The van der Waals surface area contributed by atoms with Crippen molar-refractivity contribution in [1.29, 1.82) is 0 Å². The summed E-state index contributed by atoms with van der Waals surface area (Å²) in [6.07, 6.45) is 5.47. The topological polar surface area (TPSA) is 87.7 Å². The van der Waals surface area contributed by atoms with Gasteiger partial charge >= 0.3 is 0 Å². The van der Waals surface area contributed by atoms with Crippen molar-refractivity contribution in [2.75, 3.05) is 13.1 Å². The van der Waals surface area contributed by atoms with Gasteiger partial charge in [0, 0.05) is 37.1 Å². The predicted octanol–water partition coefficient (Wildman–Crippen LogP) is 2.96. The number of H-pyrrole nitrogens is 1. The normalized spacial score (nSPS) is 17.5. The lowest BCUT2D eigenvalue weighted by Crippen LogP contribution is -2.39. The minimum atomic E-state index is 0.0757. The molecule has 3 aromatic rings. The number of likely N-dealkylation sites (tertiary alicyclic amines) is 1. The summed E-state index contributed by atoms with van der Waals surface area (Å²) in [5, 5.41) is 0. The highest BCUT2D eigenvalue weighted by molar-refractivity contribution is 7.11. The minimum Gasteiger partial charge on any atom is -0.343 e. The van der Waals surface area contributed by atoms with Crippen molar-refractivity contribution in [3.63, 3.8) is 0 Å².